The smallest absolute Gasteiger partial charge is 0.174 e. The second-order valence-electron chi connectivity index (χ2n) is 10.1. The van der Waals surface area contributed by atoms with Gasteiger partial charge in [0.25, 0.3) is 0 Å². The number of ketones is 2. The Morgan fingerprint density at radius 2 is 1.62 bits per heavy atom. The van der Waals surface area contributed by atoms with Crippen LogP contribution in [0.5, 0.6) is 11.5 Å². The summed E-state index contributed by atoms with van der Waals surface area (Å²) >= 11 is 14.7. The highest BCUT2D eigenvalue weighted by Crippen LogP contribution is 2.50. The standard InChI is InChI=1S/C31H32Cl2INO5/c1-3-39-27-15-19(14-22(34)31(27)40-17-18-10-11-20(32)16-21(18)33)28-29-23(6-4-8-25(29)36)35(12-13-38-2)24-7-5-9-26(37)30(24)28/h10-11,14-16,28H,3-9,12-13,17H2,1-2H3. The minimum absolute atomic E-state index is 0.115. The van der Waals surface area contributed by atoms with Crippen LogP contribution in [-0.4, -0.2) is 43.3 Å². The van der Waals surface area contributed by atoms with Crippen LogP contribution in [0.25, 0.3) is 0 Å². The van der Waals surface area contributed by atoms with E-state index < -0.39 is 5.92 Å². The number of Topliss-reactive ketones (excluding diaryl/α,β-unsaturated/α-hetero) is 2. The zero-order valence-corrected chi connectivity index (χ0v) is 26.3. The lowest BCUT2D eigenvalue weighted by atomic mass is 9.71. The van der Waals surface area contributed by atoms with Gasteiger partial charge in [0, 0.05) is 70.6 Å². The van der Waals surface area contributed by atoms with Gasteiger partial charge >= 0.3 is 0 Å². The molecule has 212 valence electrons. The van der Waals surface area contributed by atoms with Crippen molar-refractivity contribution in [1.29, 1.82) is 0 Å². The zero-order chi connectivity index (χ0) is 28.4. The van der Waals surface area contributed by atoms with Gasteiger partial charge in [0.2, 0.25) is 0 Å². The lowest BCUT2D eigenvalue weighted by Gasteiger charge is -2.44. The fourth-order valence-electron chi connectivity index (χ4n) is 5.95. The summed E-state index contributed by atoms with van der Waals surface area (Å²) in [7, 11) is 1.68. The molecule has 0 atom stereocenters. The van der Waals surface area contributed by atoms with Gasteiger partial charge in [-0.2, -0.15) is 0 Å². The number of methoxy groups -OCH3 is 1. The first kappa shape index (κ1) is 29.4. The van der Waals surface area contributed by atoms with Crippen LogP contribution in [0.1, 0.15) is 62.5 Å². The Balaban J connectivity index is 1.60. The number of allylic oxidation sites excluding steroid dienone is 4. The molecule has 0 spiro atoms. The predicted molar refractivity (Wildman–Crippen MR) is 164 cm³/mol. The lowest BCUT2D eigenvalue weighted by Crippen LogP contribution is -2.40. The van der Waals surface area contributed by atoms with E-state index in [1.165, 1.54) is 0 Å². The van der Waals surface area contributed by atoms with E-state index in [9.17, 15) is 9.59 Å². The number of carbonyl (C=O) groups excluding carboxylic acids is 2. The van der Waals surface area contributed by atoms with Gasteiger partial charge in [-0.15, -0.1) is 0 Å². The van der Waals surface area contributed by atoms with E-state index in [-0.39, 0.29) is 18.2 Å². The molecule has 2 aliphatic carbocycles. The number of benzene rings is 2. The number of carbonyl (C=O) groups is 2. The van der Waals surface area contributed by atoms with Crippen LogP contribution in [-0.2, 0) is 20.9 Å². The summed E-state index contributed by atoms with van der Waals surface area (Å²) in [5.41, 5.74) is 5.26. The number of hydrogen-bond acceptors (Lipinski definition) is 6. The van der Waals surface area contributed by atoms with Crippen LogP contribution in [0.4, 0.5) is 0 Å². The van der Waals surface area contributed by atoms with E-state index in [2.05, 4.69) is 27.5 Å². The summed E-state index contributed by atoms with van der Waals surface area (Å²) < 4.78 is 18.6. The Hall–Kier alpha value is -2.07. The molecule has 0 amide bonds. The van der Waals surface area contributed by atoms with Crippen molar-refractivity contribution < 1.29 is 23.8 Å². The SMILES string of the molecule is CCOc1cc(C2C3=C(CCCC3=O)N(CCOC)C3=C2C(=O)CCC3)cc(I)c1OCc1ccc(Cl)cc1Cl. The van der Waals surface area contributed by atoms with Gasteiger partial charge in [0.1, 0.15) is 6.61 Å². The molecule has 0 radical (unpaired) electrons. The quantitative estimate of drug-likeness (QED) is 0.252. The predicted octanol–water partition coefficient (Wildman–Crippen LogP) is 7.64. The number of ether oxygens (including phenoxy) is 3. The van der Waals surface area contributed by atoms with E-state index in [4.69, 9.17) is 37.4 Å². The zero-order valence-electron chi connectivity index (χ0n) is 22.7. The monoisotopic (exact) mass is 695 g/mol. The van der Waals surface area contributed by atoms with E-state index in [0.717, 1.165) is 62.9 Å². The Morgan fingerprint density at radius 1 is 0.950 bits per heavy atom. The third kappa shape index (κ3) is 5.80. The topological polar surface area (TPSA) is 65.1 Å². The van der Waals surface area contributed by atoms with Crippen molar-refractivity contribution in [3.05, 3.63) is 77.6 Å². The minimum atomic E-state index is -0.420. The Morgan fingerprint density at radius 3 is 2.23 bits per heavy atom. The fraction of sp³-hybridized carbons (Fsp3) is 0.419. The molecule has 6 nitrogen and oxygen atoms in total. The highest BCUT2D eigenvalue weighted by Gasteiger charge is 2.43. The summed E-state index contributed by atoms with van der Waals surface area (Å²) in [6.45, 7) is 3.75. The van der Waals surface area contributed by atoms with E-state index in [1.54, 1.807) is 19.2 Å². The molecule has 5 rings (SSSR count). The molecule has 0 saturated heterocycles. The summed E-state index contributed by atoms with van der Waals surface area (Å²) in [6.07, 6.45) is 4.22. The lowest BCUT2D eigenvalue weighted by molar-refractivity contribution is -0.117. The van der Waals surface area contributed by atoms with Crippen molar-refractivity contribution >= 4 is 57.4 Å². The van der Waals surface area contributed by atoms with Gasteiger partial charge in [0.05, 0.1) is 16.8 Å². The van der Waals surface area contributed by atoms with Crippen molar-refractivity contribution in [3.63, 3.8) is 0 Å². The number of rotatable bonds is 9. The molecule has 0 aromatic heterocycles. The minimum Gasteiger partial charge on any atom is -0.490 e. The van der Waals surface area contributed by atoms with Crippen LogP contribution < -0.4 is 9.47 Å². The molecule has 9 heteroatoms. The van der Waals surface area contributed by atoms with Gasteiger partial charge in [-0.05, 0) is 85.0 Å². The molecule has 0 saturated carbocycles. The summed E-state index contributed by atoms with van der Waals surface area (Å²) in [5, 5.41) is 1.09. The van der Waals surface area contributed by atoms with Gasteiger partial charge in [-0.25, -0.2) is 0 Å². The molecule has 0 unspecified atom stereocenters. The van der Waals surface area contributed by atoms with E-state index >= 15 is 0 Å². The summed E-state index contributed by atoms with van der Waals surface area (Å²) in [5.74, 6) is 0.987. The molecule has 0 N–H and O–H groups in total. The van der Waals surface area contributed by atoms with Crippen molar-refractivity contribution in [2.75, 3.05) is 26.9 Å². The average molecular weight is 696 g/mol. The Kier molecular flexibility index (Phi) is 9.45. The molecule has 0 bridgehead atoms. The van der Waals surface area contributed by atoms with Crippen LogP contribution in [0.3, 0.4) is 0 Å². The van der Waals surface area contributed by atoms with Gasteiger partial charge in [0.15, 0.2) is 23.1 Å². The van der Waals surface area contributed by atoms with E-state index in [1.807, 2.05) is 25.1 Å². The molecular weight excluding hydrogens is 664 g/mol. The normalized spacial score (nSPS) is 17.8. The first-order valence-electron chi connectivity index (χ1n) is 13.7. The molecule has 0 fully saturated rings. The van der Waals surface area contributed by atoms with Gasteiger partial charge in [-0.3, -0.25) is 9.59 Å². The molecule has 3 aliphatic rings. The van der Waals surface area contributed by atoms with Crippen molar-refractivity contribution in [2.45, 2.75) is 58.0 Å². The summed E-state index contributed by atoms with van der Waals surface area (Å²) in [4.78, 5) is 29.3. The van der Waals surface area contributed by atoms with Crippen LogP contribution in [0.2, 0.25) is 10.0 Å². The first-order valence-corrected chi connectivity index (χ1v) is 15.5. The third-order valence-corrected chi connectivity index (χ3v) is 9.05. The molecule has 40 heavy (non-hydrogen) atoms. The maximum absolute atomic E-state index is 13.6. The van der Waals surface area contributed by atoms with Crippen molar-refractivity contribution in [1.82, 2.24) is 4.90 Å². The third-order valence-electron chi connectivity index (χ3n) is 7.66. The Bertz CT molecular complexity index is 1360. The molecule has 2 aromatic carbocycles. The van der Waals surface area contributed by atoms with Gasteiger partial charge in [-0.1, -0.05) is 29.3 Å². The van der Waals surface area contributed by atoms with Crippen LogP contribution in [0.15, 0.2) is 52.9 Å². The second kappa shape index (κ2) is 12.8. The average Bonchev–Trinajstić information content (AvgIpc) is 2.92. The van der Waals surface area contributed by atoms with Crippen LogP contribution >= 0.6 is 45.8 Å². The maximum Gasteiger partial charge on any atom is 0.174 e. The number of halogens is 3. The highest BCUT2D eigenvalue weighted by atomic mass is 127. The largest absolute Gasteiger partial charge is 0.490 e. The van der Waals surface area contributed by atoms with Crippen molar-refractivity contribution in [3.8, 4) is 11.5 Å². The molecule has 2 aromatic rings. The molecule has 1 heterocycles. The maximum atomic E-state index is 13.6. The highest BCUT2D eigenvalue weighted by molar-refractivity contribution is 14.1. The Labute approximate surface area is 258 Å². The molecular formula is C31H32Cl2INO5. The van der Waals surface area contributed by atoms with Crippen LogP contribution in [0, 0.1) is 3.57 Å². The molecule has 1 aliphatic heterocycles. The van der Waals surface area contributed by atoms with Crippen molar-refractivity contribution in [2.24, 2.45) is 0 Å². The summed E-state index contributed by atoms with van der Waals surface area (Å²) in [6, 6.07) is 9.28. The first-order chi connectivity index (χ1) is 19.3. The number of nitrogens with zero attached hydrogens (tertiary/aromatic N) is 1. The van der Waals surface area contributed by atoms with Gasteiger partial charge < -0.3 is 19.1 Å². The van der Waals surface area contributed by atoms with E-state index in [0.29, 0.717) is 54.1 Å². The second-order valence-corrected chi connectivity index (χ2v) is 12.1. The fourth-order valence-corrected chi connectivity index (χ4v) is 7.19. The number of hydrogen-bond donors (Lipinski definition) is 0.